The molecule has 5 nitrogen and oxygen atoms in total. The Hall–Kier alpha value is -2.92. The van der Waals surface area contributed by atoms with Gasteiger partial charge < -0.3 is 14.7 Å². The van der Waals surface area contributed by atoms with E-state index in [2.05, 4.69) is 22.3 Å². The second kappa shape index (κ2) is 7.24. The molecule has 1 aliphatic heterocycles. The number of oxime groups is 1. The molecule has 0 spiro atoms. The summed E-state index contributed by atoms with van der Waals surface area (Å²) in [6, 6.07) is 18.0. The molecule has 0 saturated carbocycles. The fraction of sp³-hybridized carbons (Fsp3) is 0.304. The first-order chi connectivity index (χ1) is 13.4. The van der Waals surface area contributed by atoms with Crippen LogP contribution in [-0.2, 0) is 17.0 Å². The maximum Gasteiger partial charge on any atom is 0.165 e. The molecule has 0 saturated heterocycles. The van der Waals surface area contributed by atoms with E-state index in [1.165, 1.54) is 0 Å². The monoisotopic (exact) mass is 376 g/mol. The van der Waals surface area contributed by atoms with Crippen LogP contribution in [0.1, 0.15) is 37.1 Å². The van der Waals surface area contributed by atoms with Gasteiger partial charge in [-0.05, 0) is 50.6 Å². The molecule has 5 heteroatoms. The van der Waals surface area contributed by atoms with Gasteiger partial charge in [-0.25, -0.2) is 0 Å². The molecule has 28 heavy (non-hydrogen) atoms. The molecule has 0 fully saturated rings. The molecule has 0 amide bonds. The number of benzene rings is 2. The maximum atomic E-state index is 9.71. The molecule has 144 valence electrons. The van der Waals surface area contributed by atoms with Crippen LogP contribution in [0.4, 0.5) is 0 Å². The van der Waals surface area contributed by atoms with Gasteiger partial charge in [0.2, 0.25) is 0 Å². The minimum Gasteiger partial charge on any atom is -0.489 e. The van der Waals surface area contributed by atoms with Crippen molar-refractivity contribution in [2.24, 2.45) is 5.16 Å². The van der Waals surface area contributed by atoms with Crippen molar-refractivity contribution in [2.75, 3.05) is 0 Å². The molecule has 4 rings (SSSR count). The number of nitrogens with zero attached hydrogens (tertiary/aromatic N) is 2. The Kier molecular flexibility index (Phi) is 4.77. The van der Waals surface area contributed by atoms with Crippen molar-refractivity contribution in [1.29, 1.82) is 0 Å². The van der Waals surface area contributed by atoms with Crippen LogP contribution < -0.4 is 4.74 Å². The second-order valence-electron chi connectivity index (χ2n) is 7.51. The summed E-state index contributed by atoms with van der Waals surface area (Å²) in [6.45, 7) is 6.16. The molecule has 3 aromatic rings. The molecular weight excluding hydrogens is 352 g/mol. The number of ether oxygens (including phenoxy) is 1. The standard InChI is InChI=1S/C23H24N2O3/c1-15-12-17(20-6-4-5-7-21(20)24-15)14-27-19-10-8-18(9-11-19)23(3)13-22(16(2)26)25-28-23/h4-12,16,26H,13-14H2,1-3H3. The largest absolute Gasteiger partial charge is 0.489 e. The van der Waals surface area contributed by atoms with E-state index in [1.807, 2.05) is 56.3 Å². The van der Waals surface area contributed by atoms with Crippen molar-refractivity contribution in [2.45, 2.75) is 45.5 Å². The SMILES string of the molecule is Cc1cc(COc2ccc(C3(C)CC(C(C)O)=NO3)cc2)c2ccccc2n1. The predicted molar refractivity (Wildman–Crippen MR) is 109 cm³/mol. The number of fused-ring (bicyclic) bond motifs is 1. The van der Waals surface area contributed by atoms with Crippen molar-refractivity contribution in [1.82, 2.24) is 4.98 Å². The van der Waals surface area contributed by atoms with E-state index >= 15 is 0 Å². The lowest BCUT2D eigenvalue weighted by Gasteiger charge is -2.22. The van der Waals surface area contributed by atoms with E-state index in [-0.39, 0.29) is 0 Å². The fourth-order valence-corrected chi connectivity index (χ4v) is 3.53. The maximum absolute atomic E-state index is 9.71. The van der Waals surface area contributed by atoms with Crippen LogP contribution in [0.2, 0.25) is 0 Å². The van der Waals surface area contributed by atoms with E-state index in [0.717, 1.165) is 33.5 Å². The zero-order valence-corrected chi connectivity index (χ0v) is 16.3. The van der Waals surface area contributed by atoms with Gasteiger partial charge in [0.25, 0.3) is 0 Å². The summed E-state index contributed by atoms with van der Waals surface area (Å²) >= 11 is 0. The van der Waals surface area contributed by atoms with Gasteiger partial charge in [-0.3, -0.25) is 4.98 Å². The van der Waals surface area contributed by atoms with Crippen molar-refractivity contribution in [3.8, 4) is 5.75 Å². The molecule has 0 bridgehead atoms. The lowest BCUT2D eigenvalue weighted by Crippen LogP contribution is -2.24. The number of hydrogen-bond acceptors (Lipinski definition) is 5. The van der Waals surface area contributed by atoms with Crippen molar-refractivity contribution < 1.29 is 14.7 Å². The van der Waals surface area contributed by atoms with Gasteiger partial charge >= 0.3 is 0 Å². The van der Waals surface area contributed by atoms with Crippen LogP contribution in [-0.4, -0.2) is 21.9 Å². The van der Waals surface area contributed by atoms with Gasteiger partial charge in [-0.1, -0.05) is 35.5 Å². The topological polar surface area (TPSA) is 63.9 Å². The highest BCUT2D eigenvalue weighted by Crippen LogP contribution is 2.36. The highest BCUT2D eigenvalue weighted by molar-refractivity contribution is 5.89. The third kappa shape index (κ3) is 3.58. The number of aryl methyl sites for hydroxylation is 1. The van der Waals surface area contributed by atoms with Crippen molar-refractivity contribution in [3.05, 3.63) is 71.4 Å². The van der Waals surface area contributed by atoms with E-state index in [4.69, 9.17) is 9.57 Å². The smallest absolute Gasteiger partial charge is 0.165 e. The first-order valence-corrected chi connectivity index (χ1v) is 9.46. The fourth-order valence-electron chi connectivity index (χ4n) is 3.53. The molecule has 2 atom stereocenters. The first-order valence-electron chi connectivity index (χ1n) is 9.46. The Balaban J connectivity index is 1.48. The molecule has 2 unspecified atom stereocenters. The molecule has 1 N–H and O–H groups in total. The van der Waals surface area contributed by atoms with Crippen molar-refractivity contribution in [3.63, 3.8) is 0 Å². The minimum atomic E-state index is -0.594. The lowest BCUT2D eigenvalue weighted by atomic mass is 9.90. The number of aliphatic hydroxyl groups excluding tert-OH is 1. The molecular formula is C23H24N2O3. The quantitative estimate of drug-likeness (QED) is 0.712. The van der Waals surface area contributed by atoms with Gasteiger partial charge in [0.05, 0.1) is 17.3 Å². The zero-order valence-electron chi connectivity index (χ0n) is 16.3. The highest BCUT2D eigenvalue weighted by atomic mass is 16.7. The van der Waals surface area contributed by atoms with Crippen LogP contribution in [0, 0.1) is 6.92 Å². The summed E-state index contributed by atoms with van der Waals surface area (Å²) in [4.78, 5) is 10.2. The summed E-state index contributed by atoms with van der Waals surface area (Å²) in [5.41, 5.74) is 4.20. The third-order valence-corrected chi connectivity index (χ3v) is 5.15. The number of para-hydroxylation sites is 1. The predicted octanol–water partition coefficient (Wildman–Crippen LogP) is 4.49. The Morgan fingerprint density at radius 1 is 1.18 bits per heavy atom. The number of aromatic nitrogens is 1. The number of rotatable bonds is 5. The van der Waals surface area contributed by atoms with E-state index in [9.17, 15) is 5.11 Å². The van der Waals surface area contributed by atoms with Crippen molar-refractivity contribution >= 4 is 16.6 Å². The van der Waals surface area contributed by atoms with Crippen LogP contribution in [0.5, 0.6) is 5.75 Å². The van der Waals surface area contributed by atoms with Gasteiger partial charge in [0, 0.05) is 23.1 Å². The van der Waals surface area contributed by atoms with Gasteiger partial charge in [-0.2, -0.15) is 0 Å². The Morgan fingerprint density at radius 2 is 1.93 bits per heavy atom. The molecule has 0 aliphatic carbocycles. The van der Waals surface area contributed by atoms with Crippen LogP contribution in [0.3, 0.4) is 0 Å². The minimum absolute atomic E-state index is 0.478. The molecule has 0 radical (unpaired) electrons. The van der Waals surface area contributed by atoms with Gasteiger partial charge in [-0.15, -0.1) is 0 Å². The molecule has 2 heterocycles. The Labute approximate surface area is 164 Å². The number of aliphatic hydroxyl groups is 1. The Bertz CT molecular complexity index is 1030. The summed E-state index contributed by atoms with van der Waals surface area (Å²) in [7, 11) is 0. The van der Waals surface area contributed by atoms with Gasteiger partial charge in [0.15, 0.2) is 5.60 Å². The van der Waals surface area contributed by atoms with Gasteiger partial charge in [0.1, 0.15) is 12.4 Å². The van der Waals surface area contributed by atoms with E-state index in [1.54, 1.807) is 6.92 Å². The average Bonchev–Trinajstić information content (AvgIpc) is 3.10. The highest BCUT2D eigenvalue weighted by Gasteiger charge is 2.37. The lowest BCUT2D eigenvalue weighted by molar-refractivity contribution is -0.00742. The van der Waals surface area contributed by atoms with Crippen LogP contribution in [0.25, 0.3) is 10.9 Å². The van der Waals surface area contributed by atoms with Crippen LogP contribution in [0.15, 0.2) is 59.8 Å². The van der Waals surface area contributed by atoms with Crippen LogP contribution >= 0.6 is 0 Å². The zero-order chi connectivity index (χ0) is 19.7. The summed E-state index contributed by atoms with van der Waals surface area (Å²) < 4.78 is 6.03. The number of pyridine rings is 1. The third-order valence-electron chi connectivity index (χ3n) is 5.15. The summed E-state index contributed by atoms with van der Waals surface area (Å²) in [5.74, 6) is 0.792. The summed E-state index contributed by atoms with van der Waals surface area (Å²) in [6.07, 6.45) is -0.0178. The normalized spacial score (nSPS) is 19.9. The summed E-state index contributed by atoms with van der Waals surface area (Å²) in [5, 5.41) is 14.9. The first kappa shape index (κ1) is 18.4. The molecule has 1 aromatic heterocycles. The average molecular weight is 376 g/mol. The second-order valence-corrected chi connectivity index (χ2v) is 7.51. The van der Waals surface area contributed by atoms with E-state index < -0.39 is 11.7 Å². The Morgan fingerprint density at radius 3 is 2.64 bits per heavy atom. The number of hydrogen-bond donors (Lipinski definition) is 1. The molecule has 2 aromatic carbocycles. The van der Waals surface area contributed by atoms with E-state index in [0.29, 0.717) is 18.7 Å². The molecule has 1 aliphatic rings.